The molecule has 0 radical (unpaired) electrons. The summed E-state index contributed by atoms with van der Waals surface area (Å²) < 4.78 is 4.43. The van der Waals surface area contributed by atoms with Crippen LogP contribution in [0.15, 0.2) is 0 Å². The first-order valence-electron chi connectivity index (χ1n) is 7.14. The van der Waals surface area contributed by atoms with Gasteiger partial charge in [-0.3, -0.25) is 0 Å². The molecule has 0 spiro atoms. The average molecular weight is 281 g/mol. The van der Waals surface area contributed by atoms with E-state index in [9.17, 15) is 0 Å². The van der Waals surface area contributed by atoms with Gasteiger partial charge in [0, 0.05) is 25.4 Å². The van der Waals surface area contributed by atoms with Crippen molar-refractivity contribution >= 4 is 22.8 Å². The number of nitrogens with zero attached hydrogens (tertiary/aromatic N) is 4. The second kappa shape index (κ2) is 4.82. The lowest BCUT2D eigenvalue weighted by Crippen LogP contribution is -2.11. The number of hydrogen-bond donors (Lipinski definition) is 0. The van der Waals surface area contributed by atoms with Crippen LogP contribution in [0.4, 0.5) is 0 Å². The molecule has 2 atom stereocenters. The van der Waals surface area contributed by atoms with Crippen molar-refractivity contribution in [3.63, 3.8) is 0 Å². The third-order valence-corrected chi connectivity index (χ3v) is 4.38. The van der Waals surface area contributed by atoms with Crippen molar-refractivity contribution in [3.05, 3.63) is 11.5 Å². The molecule has 1 aliphatic rings. The van der Waals surface area contributed by atoms with E-state index >= 15 is 0 Å². The maximum atomic E-state index is 5.92. The third kappa shape index (κ3) is 2.16. The summed E-state index contributed by atoms with van der Waals surface area (Å²) in [5.41, 5.74) is 3.25. The number of aromatic nitrogens is 4. The summed E-state index contributed by atoms with van der Waals surface area (Å²) in [6, 6.07) is 0. The Balaban J connectivity index is 2.09. The van der Waals surface area contributed by atoms with Gasteiger partial charge in [-0.15, -0.1) is 11.6 Å². The van der Waals surface area contributed by atoms with E-state index in [4.69, 9.17) is 16.6 Å². The fraction of sp³-hybridized carbons (Fsp3) is 0.714. The Morgan fingerprint density at radius 2 is 2.16 bits per heavy atom. The Labute approximate surface area is 118 Å². The SMILES string of the molecule is CCn1nc(C)c2nc(CCCl)n(CC3CC3C)c21. The molecule has 19 heavy (non-hydrogen) atoms. The fourth-order valence-electron chi connectivity index (χ4n) is 2.85. The highest BCUT2D eigenvalue weighted by Crippen LogP contribution is 2.40. The Morgan fingerprint density at radius 1 is 1.42 bits per heavy atom. The minimum Gasteiger partial charge on any atom is -0.313 e. The number of rotatable bonds is 5. The monoisotopic (exact) mass is 280 g/mol. The van der Waals surface area contributed by atoms with Gasteiger partial charge in [-0.2, -0.15) is 5.10 Å². The fourth-order valence-corrected chi connectivity index (χ4v) is 3.01. The third-order valence-electron chi connectivity index (χ3n) is 4.19. The summed E-state index contributed by atoms with van der Waals surface area (Å²) in [5, 5.41) is 4.58. The number of hydrogen-bond acceptors (Lipinski definition) is 2. The van der Waals surface area contributed by atoms with Gasteiger partial charge in [0.15, 0.2) is 5.65 Å². The lowest BCUT2D eigenvalue weighted by molar-refractivity contribution is 0.559. The molecule has 0 amide bonds. The first-order valence-corrected chi connectivity index (χ1v) is 7.67. The highest BCUT2D eigenvalue weighted by Gasteiger charge is 2.34. The normalized spacial score (nSPS) is 22.3. The van der Waals surface area contributed by atoms with Crippen molar-refractivity contribution in [1.29, 1.82) is 0 Å². The van der Waals surface area contributed by atoms with Crippen LogP contribution in [0.2, 0.25) is 0 Å². The van der Waals surface area contributed by atoms with Crippen LogP contribution in [0.5, 0.6) is 0 Å². The number of fused-ring (bicyclic) bond motifs is 1. The lowest BCUT2D eigenvalue weighted by atomic mass is 10.3. The van der Waals surface area contributed by atoms with Crippen molar-refractivity contribution < 1.29 is 0 Å². The molecule has 0 N–H and O–H groups in total. The zero-order chi connectivity index (χ0) is 13.6. The molecule has 0 aromatic carbocycles. The predicted octanol–water partition coefficient (Wildman–Crippen LogP) is 3.00. The van der Waals surface area contributed by atoms with E-state index in [0.29, 0.717) is 5.88 Å². The van der Waals surface area contributed by atoms with E-state index in [1.54, 1.807) is 0 Å². The number of alkyl halides is 1. The maximum Gasteiger partial charge on any atom is 0.158 e. The molecule has 104 valence electrons. The highest BCUT2D eigenvalue weighted by atomic mass is 35.5. The van der Waals surface area contributed by atoms with Gasteiger partial charge in [0.1, 0.15) is 11.3 Å². The van der Waals surface area contributed by atoms with Gasteiger partial charge >= 0.3 is 0 Å². The quantitative estimate of drug-likeness (QED) is 0.790. The minimum absolute atomic E-state index is 0.623. The molecule has 2 heterocycles. The van der Waals surface area contributed by atoms with Gasteiger partial charge in [0.2, 0.25) is 0 Å². The molecular weight excluding hydrogens is 260 g/mol. The molecule has 2 aromatic heterocycles. The van der Waals surface area contributed by atoms with Crippen molar-refractivity contribution in [1.82, 2.24) is 19.3 Å². The molecular formula is C14H21ClN4. The summed E-state index contributed by atoms with van der Waals surface area (Å²) in [6.45, 7) is 8.44. The maximum absolute atomic E-state index is 5.92. The number of halogens is 1. The zero-order valence-electron chi connectivity index (χ0n) is 11.9. The standard InChI is InChI=1S/C14H21ClN4/c1-4-19-14-13(10(3)17-19)16-12(5-6-15)18(14)8-11-7-9(11)2/h9,11H,4-8H2,1-3H3. The molecule has 0 bridgehead atoms. The van der Waals surface area contributed by atoms with Crippen molar-refractivity contribution in [3.8, 4) is 0 Å². The molecule has 1 saturated carbocycles. The Kier molecular flexibility index (Phi) is 3.29. The van der Waals surface area contributed by atoms with Crippen LogP contribution in [0.1, 0.15) is 31.8 Å². The van der Waals surface area contributed by atoms with Crippen LogP contribution in [-0.2, 0) is 19.5 Å². The number of aryl methyl sites for hydroxylation is 3. The van der Waals surface area contributed by atoms with E-state index < -0.39 is 0 Å². The van der Waals surface area contributed by atoms with Gasteiger partial charge in [-0.05, 0) is 32.1 Å². The van der Waals surface area contributed by atoms with Crippen LogP contribution >= 0.6 is 11.6 Å². The van der Waals surface area contributed by atoms with Crippen molar-refractivity contribution in [2.75, 3.05) is 5.88 Å². The predicted molar refractivity (Wildman–Crippen MR) is 77.6 cm³/mol. The first-order chi connectivity index (χ1) is 9.15. The molecule has 5 heteroatoms. The smallest absolute Gasteiger partial charge is 0.158 e. The Bertz CT molecular complexity index is 598. The molecule has 1 fully saturated rings. The van der Waals surface area contributed by atoms with Crippen LogP contribution in [0.3, 0.4) is 0 Å². The zero-order valence-corrected chi connectivity index (χ0v) is 12.6. The molecule has 1 aliphatic carbocycles. The molecule has 3 rings (SSSR count). The van der Waals surface area contributed by atoms with Crippen molar-refractivity contribution in [2.24, 2.45) is 11.8 Å². The van der Waals surface area contributed by atoms with Crippen molar-refractivity contribution in [2.45, 2.75) is 46.7 Å². The second-order valence-electron chi connectivity index (χ2n) is 5.62. The van der Waals surface area contributed by atoms with E-state index in [-0.39, 0.29) is 0 Å². The summed E-state index contributed by atoms with van der Waals surface area (Å²) >= 11 is 5.92. The molecule has 0 aliphatic heterocycles. The van der Waals surface area contributed by atoms with E-state index in [2.05, 4.69) is 28.2 Å². The molecule has 2 unspecified atom stereocenters. The topological polar surface area (TPSA) is 35.6 Å². The van der Waals surface area contributed by atoms with Crippen LogP contribution in [0.25, 0.3) is 11.2 Å². The van der Waals surface area contributed by atoms with Gasteiger partial charge in [0.25, 0.3) is 0 Å². The highest BCUT2D eigenvalue weighted by molar-refractivity contribution is 6.17. The van der Waals surface area contributed by atoms with Gasteiger partial charge in [-0.1, -0.05) is 6.92 Å². The largest absolute Gasteiger partial charge is 0.313 e. The average Bonchev–Trinajstić information content (AvgIpc) is 2.82. The summed E-state index contributed by atoms with van der Waals surface area (Å²) in [6.07, 6.45) is 2.17. The van der Waals surface area contributed by atoms with E-state index in [1.807, 2.05) is 6.92 Å². The summed E-state index contributed by atoms with van der Waals surface area (Å²) in [7, 11) is 0. The van der Waals surface area contributed by atoms with Gasteiger partial charge in [-0.25, -0.2) is 9.67 Å². The summed E-state index contributed by atoms with van der Waals surface area (Å²) in [4.78, 5) is 4.77. The van der Waals surface area contributed by atoms with Crippen LogP contribution < -0.4 is 0 Å². The summed E-state index contributed by atoms with van der Waals surface area (Å²) in [5.74, 6) is 3.39. The second-order valence-corrected chi connectivity index (χ2v) is 6.00. The number of imidazole rings is 1. The van der Waals surface area contributed by atoms with Gasteiger partial charge in [0.05, 0.1) is 5.69 Å². The van der Waals surface area contributed by atoms with Crippen LogP contribution in [0, 0.1) is 18.8 Å². The Hall–Kier alpha value is -1.03. The molecule has 2 aromatic rings. The van der Waals surface area contributed by atoms with Crippen LogP contribution in [-0.4, -0.2) is 25.2 Å². The van der Waals surface area contributed by atoms with Gasteiger partial charge < -0.3 is 4.57 Å². The Morgan fingerprint density at radius 3 is 2.74 bits per heavy atom. The van der Waals surface area contributed by atoms with E-state index in [1.165, 1.54) is 12.1 Å². The molecule has 4 nitrogen and oxygen atoms in total. The molecule has 0 saturated heterocycles. The lowest BCUT2D eigenvalue weighted by Gasteiger charge is -2.09. The van der Waals surface area contributed by atoms with E-state index in [0.717, 1.165) is 48.4 Å². The minimum atomic E-state index is 0.623. The first kappa shape index (κ1) is 13.0.